The Morgan fingerprint density at radius 1 is 0.778 bits per heavy atom. The molecule has 4 atom stereocenters. The molecule has 0 bridgehead atoms. The van der Waals surface area contributed by atoms with E-state index in [0.717, 1.165) is 60.1 Å². The van der Waals surface area contributed by atoms with Crippen molar-refractivity contribution in [2.75, 3.05) is 11.4 Å². The van der Waals surface area contributed by atoms with Crippen LogP contribution in [-0.4, -0.2) is 98.4 Å². The van der Waals surface area contributed by atoms with E-state index in [9.17, 15) is 57.5 Å². The molecule has 0 aromatic heterocycles. The van der Waals surface area contributed by atoms with Crippen molar-refractivity contribution in [1.82, 2.24) is 26.2 Å². The summed E-state index contributed by atoms with van der Waals surface area (Å²) in [5.74, 6) is 0.901. The molecule has 90 heavy (non-hydrogen) atoms. The van der Waals surface area contributed by atoms with Crippen LogP contribution in [0.3, 0.4) is 0 Å². The number of benzene rings is 6. The summed E-state index contributed by atoms with van der Waals surface area (Å²) in [7, 11) is -6.14. The van der Waals surface area contributed by atoms with Crippen molar-refractivity contribution in [3.05, 3.63) is 183 Å². The molecule has 1 fully saturated rings. The maximum absolute atomic E-state index is 15.6. The van der Waals surface area contributed by atoms with Gasteiger partial charge in [-0.3, -0.25) is 57.9 Å². The summed E-state index contributed by atoms with van der Waals surface area (Å²) >= 11 is 0. The number of nitrogens with zero attached hydrogens (tertiary/aromatic N) is 2. The van der Waals surface area contributed by atoms with E-state index in [1.54, 1.807) is 24.3 Å². The number of aryl methyl sites for hydroxylation is 1. The monoisotopic (exact) mass is 1240 g/mol. The molecular formula is C68H68F2N7O12P. The van der Waals surface area contributed by atoms with Crippen molar-refractivity contribution < 1.29 is 66.3 Å². The van der Waals surface area contributed by atoms with Crippen molar-refractivity contribution in [2.45, 2.75) is 139 Å². The molecule has 6 aromatic carbocycles. The second-order valence-corrected chi connectivity index (χ2v) is 24.9. The minimum absolute atomic E-state index is 0.0336. The minimum atomic E-state index is -6.14. The Balaban J connectivity index is 0.766. The van der Waals surface area contributed by atoms with Crippen molar-refractivity contribution in [2.24, 2.45) is 5.73 Å². The number of hydrogen-bond acceptors (Lipinski definition) is 10. The van der Waals surface area contributed by atoms with Gasteiger partial charge in [0.15, 0.2) is 5.78 Å². The molecule has 4 aliphatic rings. The third-order valence-electron chi connectivity index (χ3n) is 17.2. The van der Waals surface area contributed by atoms with Crippen LogP contribution in [0.4, 0.5) is 14.5 Å². The number of unbranched alkanes of at least 4 members (excludes halogenated alkanes) is 6. The smallest absolute Gasteiger partial charge is 0.370 e. The molecule has 8 N–H and O–H groups in total. The fourth-order valence-electron chi connectivity index (χ4n) is 12.5. The Morgan fingerprint density at radius 3 is 2.17 bits per heavy atom. The van der Waals surface area contributed by atoms with Crippen molar-refractivity contribution in [3.8, 4) is 11.8 Å². The second-order valence-electron chi connectivity index (χ2n) is 23.2. The van der Waals surface area contributed by atoms with Gasteiger partial charge in [-0.2, -0.15) is 8.78 Å². The number of alkyl halides is 2. The number of ketones is 1. The van der Waals surface area contributed by atoms with Crippen LogP contribution < -0.4 is 31.9 Å². The van der Waals surface area contributed by atoms with E-state index >= 15 is 8.78 Å². The maximum Gasteiger partial charge on any atom is 0.399 e. The third-order valence-corrected chi connectivity index (χ3v) is 18.2. The SMILES string of the molecule is NC(=O)CC[C@H](NC(=O)[C@@H]1Cc2cccc3c2N1C(=O)[C@@H](NC(=O)c1ccc2c(C(=O)NCCCCCCCCC#Cc4cccc5c4CN(C4CCC(=O)NC4=O)C5=O)cc(C(F)(F)P(=O)(O)O)cc2c1)CC3)C(=O)CC(c1ccccc1)c1ccccc1. The fourth-order valence-corrected chi connectivity index (χ4v) is 12.9. The predicted octanol–water partition coefficient (Wildman–Crippen LogP) is 7.88. The van der Waals surface area contributed by atoms with E-state index in [2.05, 4.69) is 33.1 Å². The standard InChI is InChI=1S/C68H68F2N7O12P/c69-68(70,90(87,88)89)48-36-47-35-46(26-28-49(47)52(38-48)63(82)72-34-14-6-4-2-1-3-5-9-21-43-22-16-25-50-53(43)40-76(66(50)85)56-31-33-60(80)75-64(56)83)62(81)74-55-29-27-44-23-15-24-45-37-57(77(61(44)45)67(55)86)65(84)73-54(30-32-59(71)79)58(78)39-51(41-17-10-7-11-18-41)42-19-12-8-13-20-42/h7-8,10-13,15-20,22-26,28,35-36,38,51,54-57H,1-6,14,27,29-34,37,39-40H2,(H2,71,79)(H,72,82)(H,73,84)(H,74,81)(H,75,80,83)(H2,87,88,89)/t54-,55-,56?,57-/m0/s1. The number of halogens is 2. The lowest BCUT2D eigenvalue weighted by molar-refractivity contribution is -0.137. The number of primary amides is 1. The molecule has 0 radical (unpaired) electrons. The molecule has 10 rings (SSSR count). The van der Waals surface area contributed by atoms with Gasteiger partial charge >= 0.3 is 13.3 Å². The Bertz CT molecular complexity index is 3900. The van der Waals surface area contributed by atoms with Crippen LogP contribution in [0, 0.1) is 11.8 Å². The lowest BCUT2D eigenvalue weighted by Crippen LogP contribution is -2.56. The molecule has 4 aliphatic heterocycles. The Morgan fingerprint density at radius 2 is 1.47 bits per heavy atom. The molecule has 19 nitrogen and oxygen atoms in total. The lowest BCUT2D eigenvalue weighted by atomic mass is 9.85. The highest BCUT2D eigenvalue weighted by Gasteiger charge is 2.51. The lowest BCUT2D eigenvalue weighted by Gasteiger charge is -2.29. The number of carbonyl (C=O) groups is 9. The van der Waals surface area contributed by atoms with Gasteiger partial charge in [0, 0.05) is 78.9 Å². The molecule has 4 heterocycles. The molecule has 6 aromatic rings. The maximum atomic E-state index is 15.6. The number of nitrogens with two attached hydrogens (primary N) is 1. The number of amides is 8. The van der Waals surface area contributed by atoms with Gasteiger partial charge < -0.3 is 36.4 Å². The van der Waals surface area contributed by atoms with Crippen LogP contribution in [0.15, 0.2) is 127 Å². The molecule has 22 heteroatoms. The first-order valence-corrected chi connectivity index (χ1v) is 31.8. The number of imide groups is 1. The zero-order valence-corrected chi connectivity index (χ0v) is 50.1. The summed E-state index contributed by atoms with van der Waals surface area (Å²) in [5.41, 5.74) is 4.80. The van der Waals surface area contributed by atoms with E-state index in [1.807, 2.05) is 72.8 Å². The number of para-hydroxylation sites is 1. The highest BCUT2D eigenvalue weighted by atomic mass is 31.2. The van der Waals surface area contributed by atoms with E-state index in [-0.39, 0.29) is 97.5 Å². The van der Waals surface area contributed by atoms with Crippen molar-refractivity contribution in [1.29, 1.82) is 0 Å². The molecule has 1 saturated heterocycles. The van der Waals surface area contributed by atoms with Crippen molar-refractivity contribution in [3.63, 3.8) is 0 Å². The normalized spacial score (nSPS) is 17.4. The number of fused-ring (bicyclic) bond motifs is 2. The Kier molecular flexibility index (Phi) is 19.6. The van der Waals surface area contributed by atoms with Gasteiger partial charge in [-0.05, 0) is 114 Å². The largest absolute Gasteiger partial charge is 0.399 e. The summed E-state index contributed by atoms with van der Waals surface area (Å²) < 4.78 is 43.3. The number of anilines is 1. The van der Waals surface area contributed by atoms with Gasteiger partial charge in [0.1, 0.15) is 18.1 Å². The summed E-state index contributed by atoms with van der Waals surface area (Å²) in [6.07, 6.45) is 5.71. The fraction of sp³-hybridized carbons (Fsp3) is 0.338. The van der Waals surface area contributed by atoms with Crippen LogP contribution in [0.2, 0.25) is 0 Å². The quantitative estimate of drug-likeness (QED) is 0.0132. The van der Waals surface area contributed by atoms with Gasteiger partial charge in [0.25, 0.3) is 17.7 Å². The van der Waals surface area contributed by atoms with Crippen LogP contribution in [0.25, 0.3) is 10.8 Å². The van der Waals surface area contributed by atoms with Crippen molar-refractivity contribution >= 4 is 77.1 Å². The average Bonchev–Trinajstić information content (AvgIpc) is 1.43. The number of Topliss-reactive ketones (excluding diaryl/α,β-unsaturated/α-hetero) is 1. The molecule has 466 valence electrons. The first-order chi connectivity index (χ1) is 43.2. The number of nitrogens with one attached hydrogen (secondary N) is 4. The topological polar surface area (TPSA) is 292 Å². The van der Waals surface area contributed by atoms with Crippen LogP contribution in [-0.2, 0) is 58.4 Å². The van der Waals surface area contributed by atoms with E-state index < -0.39 is 84.4 Å². The molecule has 0 saturated carbocycles. The number of carbonyl (C=O) groups excluding carboxylic acids is 9. The number of piperidine rings is 1. The summed E-state index contributed by atoms with van der Waals surface area (Å²) in [6.45, 7) is 0.375. The number of rotatable bonds is 24. The summed E-state index contributed by atoms with van der Waals surface area (Å²) in [6, 6.07) is 30.6. The van der Waals surface area contributed by atoms with Gasteiger partial charge in [0.2, 0.25) is 29.5 Å². The molecular weight excluding hydrogens is 1180 g/mol. The highest BCUT2D eigenvalue weighted by molar-refractivity contribution is 7.52. The second kappa shape index (κ2) is 27.7. The molecule has 8 amide bonds. The number of hydrogen-bond donors (Lipinski definition) is 7. The van der Waals surface area contributed by atoms with Gasteiger partial charge in [0.05, 0.1) is 11.7 Å². The molecule has 0 spiro atoms. The zero-order valence-electron chi connectivity index (χ0n) is 49.2. The highest BCUT2D eigenvalue weighted by Crippen LogP contribution is 2.59. The van der Waals surface area contributed by atoms with E-state index in [4.69, 9.17) is 5.73 Å². The van der Waals surface area contributed by atoms with E-state index in [1.165, 1.54) is 28.0 Å². The van der Waals surface area contributed by atoms with Crippen LogP contribution in [0.1, 0.15) is 159 Å². The minimum Gasteiger partial charge on any atom is -0.370 e. The van der Waals surface area contributed by atoms with Crippen LogP contribution in [0.5, 0.6) is 0 Å². The predicted molar refractivity (Wildman–Crippen MR) is 330 cm³/mol. The van der Waals surface area contributed by atoms with Gasteiger partial charge in [-0.25, -0.2) is 0 Å². The first kappa shape index (κ1) is 63.8. The van der Waals surface area contributed by atoms with Gasteiger partial charge in [-0.1, -0.05) is 129 Å². The van der Waals surface area contributed by atoms with Gasteiger partial charge in [-0.15, -0.1) is 0 Å². The third kappa shape index (κ3) is 14.1. The summed E-state index contributed by atoms with van der Waals surface area (Å²) in [4.78, 5) is 144. The zero-order chi connectivity index (χ0) is 63.9. The summed E-state index contributed by atoms with van der Waals surface area (Å²) in [5, 5.41) is 10.6. The molecule has 0 aliphatic carbocycles. The Labute approximate surface area is 518 Å². The average molecular weight is 1240 g/mol. The first-order valence-electron chi connectivity index (χ1n) is 30.2. The molecule has 1 unspecified atom stereocenters. The van der Waals surface area contributed by atoms with E-state index in [0.29, 0.717) is 48.1 Å². The van der Waals surface area contributed by atoms with Crippen LogP contribution >= 0.6 is 7.60 Å². The Hall–Kier alpha value is -9.22.